The third-order valence-corrected chi connectivity index (χ3v) is 2.43. The number of carbonyl (C=O) groups excluding carboxylic acids is 1. The van der Waals surface area contributed by atoms with Gasteiger partial charge >= 0.3 is 0 Å². The number of hydrogen-bond donors (Lipinski definition) is 2. The van der Waals surface area contributed by atoms with Crippen LogP contribution in [-0.2, 0) is 6.54 Å². The van der Waals surface area contributed by atoms with Gasteiger partial charge in [0, 0.05) is 30.7 Å². The van der Waals surface area contributed by atoms with Crippen molar-refractivity contribution in [2.75, 3.05) is 13.1 Å². The van der Waals surface area contributed by atoms with Gasteiger partial charge in [-0.2, -0.15) is 0 Å². The summed E-state index contributed by atoms with van der Waals surface area (Å²) in [5.74, 6) is 5.36. The molecule has 0 saturated carbocycles. The highest BCUT2D eigenvalue weighted by molar-refractivity contribution is 5.94. The molecular formula is C13H14N6O. The Balaban J connectivity index is 1.91. The normalized spacial score (nSPS) is 9.65. The van der Waals surface area contributed by atoms with Gasteiger partial charge in [-0.1, -0.05) is 17.1 Å². The number of nitrogens with one attached hydrogen (secondary N) is 1. The van der Waals surface area contributed by atoms with Crippen LogP contribution < -0.4 is 11.1 Å². The molecule has 1 amide bonds. The summed E-state index contributed by atoms with van der Waals surface area (Å²) in [4.78, 5) is 15.9. The molecule has 102 valence electrons. The number of pyridine rings is 1. The van der Waals surface area contributed by atoms with E-state index < -0.39 is 0 Å². The molecular weight excluding hydrogens is 256 g/mol. The van der Waals surface area contributed by atoms with Crippen molar-refractivity contribution < 1.29 is 4.79 Å². The lowest BCUT2D eigenvalue weighted by atomic mass is 10.2. The second-order valence-electron chi connectivity index (χ2n) is 3.89. The van der Waals surface area contributed by atoms with Crippen LogP contribution in [0.15, 0.2) is 30.9 Å². The van der Waals surface area contributed by atoms with Gasteiger partial charge in [-0.25, -0.2) is 0 Å². The topological polar surface area (TPSA) is 98.7 Å². The Morgan fingerprint density at radius 3 is 3.10 bits per heavy atom. The standard InChI is InChI=1S/C13H14N6O/c14-3-1-2-11-8-12(10-15-9-11)13(20)16-4-6-19-7-5-17-18-19/h5,7-10H,3-4,6,14H2,(H,16,20). The highest BCUT2D eigenvalue weighted by Gasteiger charge is 2.05. The lowest BCUT2D eigenvalue weighted by Crippen LogP contribution is -2.27. The van der Waals surface area contributed by atoms with Crippen LogP contribution in [0.1, 0.15) is 15.9 Å². The number of carbonyl (C=O) groups is 1. The maximum Gasteiger partial charge on any atom is 0.252 e. The number of rotatable bonds is 4. The van der Waals surface area contributed by atoms with Gasteiger partial charge < -0.3 is 11.1 Å². The number of hydrogen-bond acceptors (Lipinski definition) is 5. The van der Waals surface area contributed by atoms with Gasteiger partial charge in [0.05, 0.1) is 24.8 Å². The maximum atomic E-state index is 11.9. The summed E-state index contributed by atoms with van der Waals surface area (Å²) in [5, 5.41) is 10.3. The summed E-state index contributed by atoms with van der Waals surface area (Å²) >= 11 is 0. The summed E-state index contributed by atoms with van der Waals surface area (Å²) in [6, 6.07) is 1.68. The lowest BCUT2D eigenvalue weighted by Gasteiger charge is -2.05. The van der Waals surface area contributed by atoms with Crippen LogP contribution >= 0.6 is 0 Å². The Bertz CT molecular complexity index is 626. The van der Waals surface area contributed by atoms with Crippen molar-refractivity contribution in [1.29, 1.82) is 0 Å². The quantitative estimate of drug-likeness (QED) is 0.724. The summed E-state index contributed by atoms with van der Waals surface area (Å²) in [5.41, 5.74) is 6.43. The first-order valence-corrected chi connectivity index (χ1v) is 6.06. The molecule has 0 aliphatic rings. The van der Waals surface area contributed by atoms with E-state index in [1.807, 2.05) is 0 Å². The minimum atomic E-state index is -0.200. The molecule has 3 N–H and O–H groups in total. The van der Waals surface area contributed by atoms with Crippen LogP contribution in [0, 0.1) is 11.8 Å². The van der Waals surface area contributed by atoms with Gasteiger partial charge in [0.25, 0.3) is 5.91 Å². The smallest absolute Gasteiger partial charge is 0.252 e. The summed E-state index contributed by atoms with van der Waals surface area (Å²) in [6.07, 6.45) is 6.41. The molecule has 0 aromatic carbocycles. The molecule has 2 aromatic rings. The van der Waals surface area contributed by atoms with E-state index in [0.29, 0.717) is 24.2 Å². The Kier molecular flexibility index (Phi) is 4.81. The number of nitrogens with zero attached hydrogens (tertiary/aromatic N) is 4. The van der Waals surface area contributed by atoms with Gasteiger partial charge in [0.15, 0.2) is 0 Å². The molecule has 0 radical (unpaired) electrons. The SMILES string of the molecule is NCC#Cc1cncc(C(=O)NCCn2ccnn2)c1. The molecule has 0 atom stereocenters. The molecule has 0 fully saturated rings. The Morgan fingerprint density at radius 1 is 1.45 bits per heavy atom. The highest BCUT2D eigenvalue weighted by atomic mass is 16.1. The van der Waals surface area contributed by atoms with Gasteiger partial charge in [-0.05, 0) is 6.07 Å². The van der Waals surface area contributed by atoms with Gasteiger partial charge in [0.1, 0.15) is 0 Å². The molecule has 0 aliphatic heterocycles. The first kappa shape index (κ1) is 13.7. The Hall–Kier alpha value is -2.72. The average Bonchev–Trinajstić information content (AvgIpc) is 2.98. The second kappa shape index (κ2) is 7.01. The van der Waals surface area contributed by atoms with E-state index in [1.54, 1.807) is 29.3 Å². The minimum Gasteiger partial charge on any atom is -0.350 e. The van der Waals surface area contributed by atoms with Crippen LogP contribution in [0.5, 0.6) is 0 Å². The van der Waals surface area contributed by atoms with Crippen LogP contribution in [-0.4, -0.2) is 39.0 Å². The first-order valence-electron chi connectivity index (χ1n) is 6.06. The van der Waals surface area contributed by atoms with Crippen LogP contribution in [0.25, 0.3) is 0 Å². The van der Waals surface area contributed by atoms with E-state index in [9.17, 15) is 4.79 Å². The highest BCUT2D eigenvalue weighted by Crippen LogP contribution is 2.01. The van der Waals surface area contributed by atoms with Gasteiger partial charge in [0.2, 0.25) is 0 Å². The molecule has 7 heteroatoms. The molecule has 0 unspecified atom stereocenters. The van der Waals surface area contributed by atoms with Crippen LogP contribution in [0.4, 0.5) is 0 Å². The number of nitrogens with two attached hydrogens (primary N) is 1. The zero-order valence-electron chi connectivity index (χ0n) is 10.8. The Labute approximate surface area is 116 Å². The maximum absolute atomic E-state index is 11.9. The van der Waals surface area contributed by atoms with E-state index in [-0.39, 0.29) is 12.5 Å². The van der Waals surface area contributed by atoms with Crippen molar-refractivity contribution in [2.24, 2.45) is 5.73 Å². The first-order chi connectivity index (χ1) is 9.79. The third kappa shape index (κ3) is 3.90. The fraction of sp³-hybridized carbons (Fsp3) is 0.231. The molecule has 0 bridgehead atoms. The van der Waals surface area contributed by atoms with Crippen molar-refractivity contribution in [3.8, 4) is 11.8 Å². The fourth-order valence-corrected chi connectivity index (χ4v) is 1.52. The zero-order chi connectivity index (χ0) is 14.2. The number of amides is 1. The van der Waals surface area contributed by atoms with Crippen molar-refractivity contribution in [3.63, 3.8) is 0 Å². The predicted octanol–water partition coefficient (Wildman–Crippen LogP) is -0.587. The Morgan fingerprint density at radius 2 is 2.35 bits per heavy atom. The van der Waals surface area contributed by atoms with Crippen LogP contribution in [0.2, 0.25) is 0 Å². The fourth-order valence-electron chi connectivity index (χ4n) is 1.52. The monoisotopic (exact) mass is 270 g/mol. The summed E-state index contributed by atoms with van der Waals surface area (Å²) in [6.45, 7) is 1.29. The van der Waals surface area contributed by atoms with E-state index in [1.165, 1.54) is 6.20 Å². The van der Waals surface area contributed by atoms with Gasteiger partial charge in [-0.15, -0.1) is 5.10 Å². The molecule has 7 nitrogen and oxygen atoms in total. The van der Waals surface area contributed by atoms with Crippen molar-refractivity contribution in [1.82, 2.24) is 25.3 Å². The molecule has 2 heterocycles. The molecule has 0 aliphatic carbocycles. The van der Waals surface area contributed by atoms with Crippen molar-refractivity contribution in [2.45, 2.75) is 6.54 Å². The summed E-state index contributed by atoms with van der Waals surface area (Å²) in [7, 11) is 0. The van der Waals surface area contributed by atoms with Crippen molar-refractivity contribution >= 4 is 5.91 Å². The molecule has 20 heavy (non-hydrogen) atoms. The number of aromatic nitrogens is 4. The molecule has 2 rings (SSSR count). The molecule has 2 aromatic heterocycles. The minimum absolute atomic E-state index is 0.200. The van der Waals surface area contributed by atoms with Crippen molar-refractivity contribution in [3.05, 3.63) is 42.0 Å². The van der Waals surface area contributed by atoms with E-state index >= 15 is 0 Å². The molecule has 0 saturated heterocycles. The molecule has 0 spiro atoms. The largest absolute Gasteiger partial charge is 0.350 e. The van der Waals surface area contributed by atoms with E-state index in [0.717, 1.165) is 0 Å². The third-order valence-electron chi connectivity index (χ3n) is 2.43. The van der Waals surface area contributed by atoms with Crippen LogP contribution in [0.3, 0.4) is 0 Å². The lowest BCUT2D eigenvalue weighted by molar-refractivity contribution is 0.0951. The van der Waals surface area contributed by atoms with Gasteiger partial charge in [-0.3, -0.25) is 14.5 Å². The zero-order valence-corrected chi connectivity index (χ0v) is 10.8. The predicted molar refractivity (Wildman–Crippen MR) is 72.5 cm³/mol. The van der Waals surface area contributed by atoms with E-state index in [2.05, 4.69) is 32.5 Å². The summed E-state index contributed by atoms with van der Waals surface area (Å²) < 4.78 is 1.64. The average molecular weight is 270 g/mol. The second-order valence-corrected chi connectivity index (χ2v) is 3.89. The van der Waals surface area contributed by atoms with E-state index in [4.69, 9.17) is 5.73 Å².